The maximum atomic E-state index is 13.4. The number of rotatable bonds is 1. The molecule has 1 aliphatic heterocycles. The van der Waals surface area contributed by atoms with Crippen molar-refractivity contribution in [2.75, 3.05) is 13.7 Å². The Morgan fingerprint density at radius 3 is 2.94 bits per heavy atom. The normalized spacial score (nSPS) is 17.7. The largest absolute Gasteiger partial charge is 0.465 e. The van der Waals surface area contributed by atoms with Crippen LogP contribution in [0.4, 0.5) is 8.78 Å². The third-order valence-electron chi connectivity index (χ3n) is 2.46. The molecule has 0 fully saturated rings. The minimum absolute atomic E-state index is 0.0774. The van der Waals surface area contributed by atoms with E-state index in [1.165, 1.54) is 25.3 Å². The molecule has 5 heteroatoms. The van der Waals surface area contributed by atoms with Crippen LogP contribution in [0, 0.1) is 0 Å². The molecule has 0 atom stereocenters. The van der Waals surface area contributed by atoms with Gasteiger partial charge in [0.1, 0.15) is 6.61 Å². The molecule has 0 radical (unpaired) electrons. The van der Waals surface area contributed by atoms with Gasteiger partial charge in [0.05, 0.1) is 19.3 Å². The first-order valence-electron chi connectivity index (χ1n) is 4.72. The summed E-state index contributed by atoms with van der Waals surface area (Å²) in [6.07, 6.45) is 0. The van der Waals surface area contributed by atoms with Crippen LogP contribution in [-0.2, 0) is 22.0 Å². The van der Waals surface area contributed by atoms with E-state index < -0.39 is 18.5 Å². The molecule has 0 saturated heterocycles. The van der Waals surface area contributed by atoms with Crippen LogP contribution in [0.25, 0.3) is 0 Å². The van der Waals surface area contributed by atoms with E-state index in [0.29, 0.717) is 5.56 Å². The molecule has 0 spiro atoms. The van der Waals surface area contributed by atoms with E-state index in [-0.39, 0.29) is 17.7 Å². The second-order valence-electron chi connectivity index (χ2n) is 3.56. The van der Waals surface area contributed by atoms with Crippen LogP contribution in [0.1, 0.15) is 21.5 Å². The SMILES string of the molecule is COC(=O)c1ccc2c(c1)COCC2(F)F. The van der Waals surface area contributed by atoms with E-state index in [9.17, 15) is 13.6 Å². The number of halogens is 2. The molecule has 0 aliphatic carbocycles. The number of esters is 1. The number of hydrogen-bond donors (Lipinski definition) is 0. The topological polar surface area (TPSA) is 35.5 Å². The standard InChI is InChI=1S/C11H10F2O3/c1-15-10(14)7-2-3-9-8(4-7)5-16-6-11(9,12)13/h2-4H,5-6H2,1H3. The number of carbonyl (C=O) groups is 1. The molecule has 3 nitrogen and oxygen atoms in total. The Morgan fingerprint density at radius 2 is 2.25 bits per heavy atom. The number of hydrogen-bond acceptors (Lipinski definition) is 3. The maximum absolute atomic E-state index is 13.4. The Hall–Kier alpha value is -1.49. The Labute approximate surface area is 91.0 Å². The van der Waals surface area contributed by atoms with Crippen molar-refractivity contribution in [3.8, 4) is 0 Å². The summed E-state index contributed by atoms with van der Waals surface area (Å²) in [6, 6.07) is 3.97. The van der Waals surface area contributed by atoms with Crippen molar-refractivity contribution in [1.82, 2.24) is 0 Å². The second kappa shape index (κ2) is 3.83. The monoisotopic (exact) mass is 228 g/mol. The second-order valence-corrected chi connectivity index (χ2v) is 3.56. The third-order valence-corrected chi connectivity index (χ3v) is 2.46. The summed E-state index contributed by atoms with van der Waals surface area (Å²) in [4.78, 5) is 11.2. The van der Waals surface area contributed by atoms with Gasteiger partial charge >= 0.3 is 5.97 Å². The molecule has 0 aromatic heterocycles. The van der Waals surface area contributed by atoms with Crippen molar-refractivity contribution in [3.63, 3.8) is 0 Å². The molecule has 1 heterocycles. The highest BCUT2D eigenvalue weighted by atomic mass is 19.3. The Bertz CT molecular complexity index is 429. The summed E-state index contributed by atoms with van der Waals surface area (Å²) in [5.74, 6) is -3.53. The highest BCUT2D eigenvalue weighted by Crippen LogP contribution is 2.35. The number of alkyl halides is 2. The van der Waals surface area contributed by atoms with E-state index in [2.05, 4.69) is 4.74 Å². The molecule has 0 unspecified atom stereocenters. The molecule has 0 bridgehead atoms. The molecule has 16 heavy (non-hydrogen) atoms. The Morgan fingerprint density at radius 1 is 1.50 bits per heavy atom. The van der Waals surface area contributed by atoms with Crippen molar-refractivity contribution in [2.24, 2.45) is 0 Å². The molecular weight excluding hydrogens is 218 g/mol. The zero-order chi connectivity index (χ0) is 11.8. The first kappa shape index (κ1) is 11.0. The van der Waals surface area contributed by atoms with Crippen LogP contribution in [0.3, 0.4) is 0 Å². The van der Waals surface area contributed by atoms with Gasteiger partial charge in [-0.3, -0.25) is 0 Å². The smallest absolute Gasteiger partial charge is 0.337 e. The third kappa shape index (κ3) is 1.78. The van der Waals surface area contributed by atoms with Gasteiger partial charge in [-0.05, 0) is 17.7 Å². The van der Waals surface area contributed by atoms with Gasteiger partial charge in [0.15, 0.2) is 0 Å². The first-order valence-corrected chi connectivity index (χ1v) is 4.72. The number of ether oxygens (including phenoxy) is 2. The lowest BCUT2D eigenvalue weighted by atomic mass is 9.98. The molecule has 0 N–H and O–H groups in total. The van der Waals surface area contributed by atoms with Gasteiger partial charge in [0.2, 0.25) is 0 Å². The van der Waals surface area contributed by atoms with Crippen LogP contribution < -0.4 is 0 Å². The molecule has 0 amide bonds. The van der Waals surface area contributed by atoms with Crippen molar-refractivity contribution >= 4 is 5.97 Å². The summed E-state index contributed by atoms with van der Waals surface area (Å²) in [5.41, 5.74) is 0.508. The molecular formula is C11H10F2O3. The summed E-state index contributed by atoms with van der Waals surface area (Å²) in [7, 11) is 1.24. The number of benzene rings is 1. The first-order chi connectivity index (χ1) is 7.54. The van der Waals surface area contributed by atoms with Gasteiger partial charge in [0, 0.05) is 5.56 Å². The molecule has 0 saturated carbocycles. The lowest BCUT2D eigenvalue weighted by molar-refractivity contribution is -0.103. The zero-order valence-electron chi connectivity index (χ0n) is 8.63. The molecule has 1 aromatic carbocycles. The van der Waals surface area contributed by atoms with E-state index in [4.69, 9.17) is 4.74 Å². The average molecular weight is 228 g/mol. The molecule has 1 aromatic rings. The van der Waals surface area contributed by atoms with Crippen molar-refractivity contribution in [1.29, 1.82) is 0 Å². The Kier molecular flexibility index (Phi) is 2.63. The quantitative estimate of drug-likeness (QED) is 0.690. The molecule has 86 valence electrons. The highest BCUT2D eigenvalue weighted by molar-refractivity contribution is 5.89. The van der Waals surface area contributed by atoms with Crippen LogP contribution in [0.2, 0.25) is 0 Å². The molecule has 2 rings (SSSR count). The van der Waals surface area contributed by atoms with E-state index >= 15 is 0 Å². The summed E-state index contributed by atoms with van der Waals surface area (Å²) in [6.45, 7) is -0.521. The fourth-order valence-corrected chi connectivity index (χ4v) is 1.68. The van der Waals surface area contributed by atoms with Crippen molar-refractivity contribution in [2.45, 2.75) is 12.5 Å². The lowest BCUT2D eigenvalue weighted by Crippen LogP contribution is -2.27. The van der Waals surface area contributed by atoms with E-state index in [1.807, 2.05) is 0 Å². The number of carbonyl (C=O) groups excluding carboxylic acids is 1. The van der Waals surface area contributed by atoms with Gasteiger partial charge in [0.25, 0.3) is 5.92 Å². The summed E-state index contributed by atoms with van der Waals surface area (Å²) >= 11 is 0. The fraction of sp³-hybridized carbons (Fsp3) is 0.364. The van der Waals surface area contributed by atoms with Crippen LogP contribution in [0.5, 0.6) is 0 Å². The average Bonchev–Trinajstić information content (AvgIpc) is 2.27. The minimum Gasteiger partial charge on any atom is -0.465 e. The minimum atomic E-state index is -2.98. The highest BCUT2D eigenvalue weighted by Gasteiger charge is 2.37. The molecule has 1 aliphatic rings. The van der Waals surface area contributed by atoms with Crippen molar-refractivity contribution in [3.05, 3.63) is 34.9 Å². The van der Waals surface area contributed by atoms with Crippen LogP contribution >= 0.6 is 0 Å². The predicted molar refractivity (Wildman–Crippen MR) is 51.3 cm³/mol. The van der Waals surface area contributed by atoms with Crippen molar-refractivity contribution < 1.29 is 23.0 Å². The predicted octanol–water partition coefficient (Wildman–Crippen LogP) is 2.10. The Balaban J connectivity index is 2.43. The van der Waals surface area contributed by atoms with Gasteiger partial charge < -0.3 is 9.47 Å². The van der Waals surface area contributed by atoms with E-state index in [0.717, 1.165) is 0 Å². The fourth-order valence-electron chi connectivity index (χ4n) is 1.68. The maximum Gasteiger partial charge on any atom is 0.337 e. The number of methoxy groups -OCH3 is 1. The zero-order valence-corrected chi connectivity index (χ0v) is 8.63. The lowest BCUT2D eigenvalue weighted by Gasteiger charge is -2.25. The van der Waals surface area contributed by atoms with Gasteiger partial charge in [-0.1, -0.05) is 6.07 Å². The van der Waals surface area contributed by atoms with Crippen LogP contribution in [-0.4, -0.2) is 19.7 Å². The summed E-state index contributed by atoms with van der Waals surface area (Å²) < 4.78 is 36.0. The summed E-state index contributed by atoms with van der Waals surface area (Å²) in [5, 5.41) is 0. The van der Waals surface area contributed by atoms with E-state index in [1.54, 1.807) is 0 Å². The van der Waals surface area contributed by atoms with Gasteiger partial charge in [-0.15, -0.1) is 0 Å². The van der Waals surface area contributed by atoms with Gasteiger partial charge in [-0.2, -0.15) is 8.78 Å². The van der Waals surface area contributed by atoms with Crippen LogP contribution in [0.15, 0.2) is 18.2 Å². The van der Waals surface area contributed by atoms with Gasteiger partial charge in [-0.25, -0.2) is 4.79 Å². The number of fused-ring (bicyclic) bond motifs is 1.